The maximum Gasteiger partial charge on any atom is 0.341 e. The van der Waals surface area contributed by atoms with Crippen molar-refractivity contribution in [3.8, 4) is 11.5 Å². The fourth-order valence-electron chi connectivity index (χ4n) is 3.35. The number of fused-ring (bicyclic) bond motifs is 1. The predicted octanol–water partition coefficient (Wildman–Crippen LogP) is 5.94. The quantitative estimate of drug-likeness (QED) is 0.317. The largest absolute Gasteiger partial charge is 0.491 e. The molecule has 0 radical (unpaired) electrons. The van der Waals surface area contributed by atoms with Crippen molar-refractivity contribution < 1.29 is 29.0 Å². The first-order valence-corrected chi connectivity index (χ1v) is 12.4. The van der Waals surface area contributed by atoms with E-state index in [1.54, 1.807) is 18.2 Å². The Morgan fingerprint density at radius 2 is 1.74 bits per heavy atom. The molecule has 0 spiro atoms. The zero-order valence-corrected chi connectivity index (χ0v) is 21.5. The Balaban J connectivity index is 1.43. The lowest BCUT2D eigenvalue weighted by Crippen LogP contribution is -2.32. The van der Waals surface area contributed by atoms with Crippen molar-refractivity contribution in [3.63, 3.8) is 0 Å². The second-order valence-corrected chi connectivity index (χ2v) is 9.86. The lowest BCUT2D eigenvalue weighted by atomic mass is 10.1. The van der Waals surface area contributed by atoms with Gasteiger partial charge >= 0.3 is 5.97 Å². The molecule has 0 aromatic heterocycles. The topological polar surface area (TPSA) is 93.1 Å². The fourth-order valence-corrected chi connectivity index (χ4v) is 5.66. The summed E-state index contributed by atoms with van der Waals surface area (Å²) in [6, 6.07) is 16.9. The highest BCUT2D eigenvalue weighted by Gasteiger charge is 2.35. The van der Waals surface area contributed by atoms with Crippen LogP contribution >= 0.6 is 43.6 Å². The summed E-state index contributed by atoms with van der Waals surface area (Å²) in [5.41, 5.74) is 0.638. The SMILES string of the molecule is O=C(O)COc1c(Br)cc(/C=C2\SC(=O)N(CCOc3cccc4ccccc34)C2=O)cc1Br. The molecule has 1 heterocycles. The van der Waals surface area contributed by atoms with E-state index in [1.807, 2.05) is 42.5 Å². The van der Waals surface area contributed by atoms with Crippen molar-refractivity contribution in [1.82, 2.24) is 4.90 Å². The zero-order valence-electron chi connectivity index (χ0n) is 17.5. The van der Waals surface area contributed by atoms with Gasteiger partial charge in [0.1, 0.15) is 18.1 Å². The maximum atomic E-state index is 12.8. The van der Waals surface area contributed by atoms with E-state index >= 15 is 0 Å². The highest BCUT2D eigenvalue weighted by molar-refractivity contribution is 9.11. The van der Waals surface area contributed by atoms with Crippen molar-refractivity contribution >= 4 is 77.6 Å². The van der Waals surface area contributed by atoms with Crippen LogP contribution in [0, 0.1) is 0 Å². The molecule has 174 valence electrons. The van der Waals surface area contributed by atoms with Crippen LogP contribution in [0.15, 0.2) is 68.4 Å². The number of carboxylic acids is 1. The van der Waals surface area contributed by atoms with Gasteiger partial charge in [0, 0.05) is 5.39 Å². The van der Waals surface area contributed by atoms with Crippen LogP contribution in [0.3, 0.4) is 0 Å². The number of ether oxygens (including phenoxy) is 2. The summed E-state index contributed by atoms with van der Waals surface area (Å²) < 4.78 is 12.1. The first-order valence-electron chi connectivity index (χ1n) is 10.0. The molecular weight excluding hydrogens is 590 g/mol. The average molecular weight is 607 g/mol. The smallest absolute Gasteiger partial charge is 0.341 e. The summed E-state index contributed by atoms with van der Waals surface area (Å²) in [4.78, 5) is 37.5. The van der Waals surface area contributed by atoms with Crippen molar-refractivity contribution in [1.29, 1.82) is 0 Å². The molecule has 4 rings (SSSR count). The maximum absolute atomic E-state index is 12.8. The third-order valence-electron chi connectivity index (χ3n) is 4.85. The van der Waals surface area contributed by atoms with Gasteiger partial charge in [-0.15, -0.1) is 0 Å². The van der Waals surface area contributed by atoms with Gasteiger partial charge in [-0.25, -0.2) is 4.79 Å². The number of amides is 2. The van der Waals surface area contributed by atoms with Crippen molar-refractivity contribution in [2.24, 2.45) is 0 Å². The summed E-state index contributed by atoms with van der Waals surface area (Å²) >= 11 is 7.55. The van der Waals surface area contributed by atoms with Gasteiger partial charge in [-0.2, -0.15) is 0 Å². The second kappa shape index (κ2) is 10.6. The average Bonchev–Trinajstić information content (AvgIpc) is 3.05. The van der Waals surface area contributed by atoms with E-state index in [-0.39, 0.29) is 23.3 Å². The summed E-state index contributed by atoms with van der Waals surface area (Å²) in [5.74, 6) is -0.463. The molecule has 7 nitrogen and oxygen atoms in total. The van der Waals surface area contributed by atoms with Crippen LogP contribution < -0.4 is 9.47 Å². The van der Waals surface area contributed by atoms with Crippen LogP contribution in [0.25, 0.3) is 16.8 Å². The number of nitrogens with zero attached hydrogens (tertiary/aromatic N) is 1. The molecule has 0 saturated carbocycles. The fraction of sp³-hybridized carbons (Fsp3) is 0.125. The van der Waals surface area contributed by atoms with E-state index in [9.17, 15) is 14.4 Å². The Morgan fingerprint density at radius 3 is 2.47 bits per heavy atom. The highest BCUT2D eigenvalue weighted by Crippen LogP contribution is 2.37. The Kier molecular flexibility index (Phi) is 7.60. The van der Waals surface area contributed by atoms with Gasteiger partial charge in [0.05, 0.1) is 20.4 Å². The molecule has 1 fully saturated rings. The van der Waals surface area contributed by atoms with Gasteiger partial charge in [0.15, 0.2) is 6.61 Å². The van der Waals surface area contributed by atoms with Gasteiger partial charge in [-0.05, 0) is 78.8 Å². The third-order valence-corrected chi connectivity index (χ3v) is 6.94. The van der Waals surface area contributed by atoms with E-state index < -0.39 is 18.5 Å². The molecule has 3 aromatic carbocycles. The number of carboxylic acid groups (broad SMARTS) is 1. The Hall–Kier alpha value is -2.82. The Bertz CT molecular complexity index is 1300. The van der Waals surface area contributed by atoms with E-state index in [2.05, 4.69) is 31.9 Å². The van der Waals surface area contributed by atoms with Crippen molar-refractivity contribution in [3.05, 3.63) is 74.0 Å². The molecule has 1 aliphatic heterocycles. The summed E-state index contributed by atoms with van der Waals surface area (Å²) in [6.07, 6.45) is 1.60. The van der Waals surface area contributed by atoms with Crippen LogP contribution in [0.1, 0.15) is 5.56 Å². The number of thioether (sulfide) groups is 1. The van der Waals surface area contributed by atoms with Gasteiger partial charge in [-0.3, -0.25) is 14.5 Å². The summed E-state index contributed by atoms with van der Waals surface area (Å²) in [5, 5.41) is 10.4. The van der Waals surface area contributed by atoms with Crippen LogP contribution in [0.4, 0.5) is 4.79 Å². The van der Waals surface area contributed by atoms with Crippen LogP contribution in [0.2, 0.25) is 0 Å². The minimum Gasteiger partial charge on any atom is -0.491 e. The molecule has 0 bridgehead atoms. The molecule has 1 saturated heterocycles. The molecule has 10 heteroatoms. The van der Waals surface area contributed by atoms with Crippen LogP contribution in [-0.2, 0) is 9.59 Å². The number of aliphatic carboxylic acids is 1. The number of carbonyl (C=O) groups is 3. The minimum atomic E-state index is -1.10. The summed E-state index contributed by atoms with van der Waals surface area (Å²) in [7, 11) is 0. The first-order chi connectivity index (χ1) is 16.3. The lowest BCUT2D eigenvalue weighted by molar-refractivity contribution is -0.139. The molecule has 3 aromatic rings. The number of rotatable bonds is 8. The molecule has 0 atom stereocenters. The third kappa shape index (κ3) is 5.45. The van der Waals surface area contributed by atoms with Gasteiger partial charge in [0.25, 0.3) is 11.1 Å². The van der Waals surface area contributed by atoms with E-state index in [1.165, 1.54) is 0 Å². The first kappa shape index (κ1) is 24.3. The Morgan fingerprint density at radius 1 is 1.03 bits per heavy atom. The molecule has 2 amide bonds. The zero-order chi connectivity index (χ0) is 24.2. The number of imide groups is 1. The molecular formula is C24H17Br2NO6S. The van der Waals surface area contributed by atoms with E-state index in [0.29, 0.717) is 26.0 Å². The standard InChI is InChI=1S/C24H17Br2NO6S/c25-17-10-14(11-18(26)22(17)33-13-21(28)29)12-20-23(30)27(24(31)34-20)8-9-32-19-7-3-5-15-4-1-2-6-16(15)19/h1-7,10-12H,8-9,13H2,(H,28,29)/b20-12-. The number of hydrogen-bond acceptors (Lipinski definition) is 6. The summed E-state index contributed by atoms with van der Waals surface area (Å²) in [6.45, 7) is -0.192. The monoisotopic (exact) mass is 605 g/mol. The number of halogens is 2. The number of carbonyl (C=O) groups excluding carboxylic acids is 2. The second-order valence-electron chi connectivity index (χ2n) is 7.16. The lowest BCUT2D eigenvalue weighted by Gasteiger charge is -2.14. The van der Waals surface area contributed by atoms with Crippen molar-refractivity contribution in [2.45, 2.75) is 0 Å². The highest BCUT2D eigenvalue weighted by atomic mass is 79.9. The predicted molar refractivity (Wildman–Crippen MR) is 137 cm³/mol. The Labute approximate surface area is 216 Å². The van der Waals surface area contributed by atoms with Crippen LogP contribution in [-0.4, -0.2) is 46.9 Å². The number of hydrogen-bond donors (Lipinski definition) is 1. The molecule has 1 aliphatic rings. The normalized spacial score (nSPS) is 14.8. The van der Waals surface area contributed by atoms with Crippen molar-refractivity contribution in [2.75, 3.05) is 19.8 Å². The van der Waals surface area contributed by atoms with E-state index in [4.69, 9.17) is 14.6 Å². The molecule has 1 N–H and O–H groups in total. The van der Waals surface area contributed by atoms with Crippen LogP contribution in [0.5, 0.6) is 11.5 Å². The minimum absolute atomic E-state index is 0.126. The molecule has 0 aliphatic carbocycles. The molecule has 0 unspecified atom stereocenters. The molecule has 34 heavy (non-hydrogen) atoms. The van der Waals surface area contributed by atoms with Gasteiger partial charge < -0.3 is 14.6 Å². The van der Waals surface area contributed by atoms with E-state index in [0.717, 1.165) is 27.4 Å². The van der Waals surface area contributed by atoms with Gasteiger partial charge in [-0.1, -0.05) is 36.4 Å². The number of benzene rings is 3. The van der Waals surface area contributed by atoms with Gasteiger partial charge in [0.2, 0.25) is 0 Å².